The van der Waals surface area contributed by atoms with Crippen molar-refractivity contribution in [2.24, 2.45) is 5.73 Å². The monoisotopic (exact) mass is 263 g/mol. The molecule has 86 valence electrons. The molecule has 0 saturated carbocycles. The van der Waals surface area contributed by atoms with E-state index in [1.54, 1.807) is 12.1 Å². The quantitative estimate of drug-likeness (QED) is 0.857. The first-order valence-electron chi connectivity index (χ1n) is 4.98. The van der Waals surface area contributed by atoms with Gasteiger partial charge in [-0.2, -0.15) is 0 Å². The largest absolute Gasteiger partial charge is 0.457 e. The van der Waals surface area contributed by atoms with E-state index in [-0.39, 0.29) is 0 Å². The maximum Gasteiger partial charge on any atom is 0.128 e. The van der Waals surface area contributed by atoms with Crippen molar-refractivity contribution in [3.63, 3.8) is 0 Å². The fraction of sp³-hybridized carbons (Fsp3) is 0. The van der Waals surface area contributed by atoms with Crippen molar-refractivity contribution < 1.29 is 4.74 Å². The molecule has 2 rings (SSSR count). The zero-order valence-electron chi connectivity index (χ0n) is 8.89. The molecule has 0 amide bonds. The summed E-state index contributed by atoms with van der Waals surface area (Å²) in [6.45, 7) is 0. The highest BCUT2D eigenvalue weighted by Gasteiger charge is 2.00. The minimum absolute atomic E-state index is 0.374. The Morgan fingerprint density at radius 2 is 1.76 bits per heavy atom. The number of benzene rings is 2. The Morgan fingerprint density at radius 3 is 2.35 bits per heavy atom. The molecule has 0 fully saturated rings. The normalized spacial score (nSPS) is 9.94. The van der Waals surface area contributed by atoms with Crippen LogP contribution >= 0.6 is 23.8 Å². The van der Waals surface area contributed by atoms with E-state index < -0.39 is 0 Å². The maximum atomic E-state index is 5.86. The smallest absolute Gasteiger partial charge is 0.128 e. The highest BCUT2D eigenvalue weighted by atomic mass is 35.5. The fourth-order valence-corrected chi connectivity index (χ4v) is 1.67. The molecular formula is C13H10ClNOS. The van der Waals surface area contributed by atoms with Crippen LogP contribution in [0.5, 0.6) is 11.5 Å². The van der Waals surface area contributed by atoms with Crippen LogP contribution in [0.15, 0.2) is 48.5 Å². The third-order valence-corrected chi connectivity index (χ3v) is 2.64. The number of ether oxygens (including phenoxy) is 1. The summed E-state index contributed by atoms with van der Waals surface area (Å²) in [6.07, 6.45) is 0. The fourth-order valence-electron chi connectivity index (χ4n) is 1.35. The van der Waals surface area contributed by atoms with Crippen LogP contribution in [-0.4, -0.2) is 4.99 Å². The van der Waals surface area contributed by atoms with Crippen molar-refractivity contribution in [3.05, 3.63) is 59.1 Å². The van der Waals surface area contributed by atoms with Crippen LogP contribution in [-0.2, 0) is 0 Å². The molecule has 0 unspecified atom stereocenters. The number of thiocarbonyl (C=S) groups is 1. The van der Waals surface area contributed by atoms with Gasteiger partial charge in [-0.25, -0.2) is 0 Å². The van der Waals surface area contributed by atoms with E-state index in [1.165, 1.54) is 0 Å². The average Bonchev–Trinajstić information content (AvgIpc) is 2.29. The predicted octanol–water partition coefficient (Wildman–Crippen LogP) is 3.77. The molecule has 2 N–H and O–H groups in total. The van der Waals surface area contributed by atoms with Crippen molar-refractivity contribution in [1.29, 1.82) is 0 Å². The van der Waals surface area contributed by atoms with Gasteiger partial charge in [0, 0.05) is 10.6 Å². The van der Waals surface area contributed by atoms with Gasteiger partial charge in [0.2, 0.25) is 0 Å². The molecule has 0 bridgehead atoms. The Morgan fingerprint density at radius 1 is 1.06 bits per heavy atom. The third-order valence-electron chi connectivity index (χ3n) is 2.17. The summed E-state index contributed by atoms with van der Waals surface area (Å²) in [5, 5.41) is 0.641. The first-order valence-corrected chi connectivity index (χ1v) is 5.77. The third kappa shape index (κ3) is 3.19. The standard InChI is InChI=1S/C13H10ClNOS/c14-10-2-1-3-12(8-10)16-11-6-4-9(5-7-11)13(15)17/h1-8H,(H2,15,17). The molecule has 0 aliphatic rings. The molecule has 2 aromatic carbocycles. The lowest BCUT2D eigenvalue weighted by Crippen LogP contribution is -2.08. The molecule has 0 saturated heterocycles. The Balaban J connectivity index is 2.16. The molecular weight excluding hydrogens is 254 g/mol. The van der Waals surface area contributed by atoms with Crippen molar-refractivity contribution in [2.45, 2.75) is 0 Å². The number of halogens is 1. The zero-order valence-corrected chi connectivity index (χ0v) is 10.5. The molecule has 17 heavy (non-hydrogen) atoms. The first kappa shape index (κ1) is 11.9. The topological polar surface area (TPSA) is 35.2 Å². The molecule has 0 radical (unpaired) electrons. The summed E-state index contributed by atoms with van der Waals surface area (Å²) < 4.78 is 5.63. The van der Waals surface area contributed by atoms with Crippen molar-refractivity contribution >= 4 is 28.8 Å². The van der Waals surface area contributed by atoms with Crippen LogP contribution in [0.2, 0.25) is 5.02 Å². The summed E-state index contributed by atoms with van der Waals surface area (Å²) in [5.74, 6) is 1.41. The predicted molar refractivity (Wildman–Crippen MR) is 73.9 cm³/mol. The average molecular weight is 264 g/mol. The van der Waals surface area contributed by atoms with Crippen LogP contribution in [0.4, 0.5) is 0 Å². The van der Waals surface area contributed by atoms with E-state index in [9.17, 15) is 0 Å². The number of hydrogen-bond acceptors (Lipinski definition) is 2. The minimum atomic E-state index is 0.374. The van der Waals surface area contributed by atoms with E-state index in [0.29, 0.717) is 21.5 Å². The second-order valence-corrected chi connectivity index (χ2v) is 4.32. The first-order chi connectivity index (χ1) is 8.15. The van der Waals surface area contributed by atoms with E-state index in [2.05, 4.69) is 0 Å². The van der Waals surface area contributed by atoms with E-state index in [1.807, 2.05) is 36.4 Å². The van der Waals surface area contributed by atoms with E-state index in [0.717, 1.165) is 5.56 Å². The van der Waals surface area contributed by atoms with Crippen LogP contribution in [0.1, 0.15) is 5.56 Å². The van der Waals surface area contributed by atoms with Gasteiger partial charge in [-0.1, -0.05) is 29.9 Å². The van der Waals surface area contributed by atoms with Crippen LogP contribution in [0, 0.1) is 0 Å². The number of rotatable bonds is 3. The molecule has 2 aromatic rings. The molecule has 0 atom stereocenters. The van der Waals surface area contributed by atoms with Gasteiger partial charge in [0.1, 0.15) is 16.5 Å². The molecule has 0 aromatic heterocycles. The van der Waals surface area contributed by atoms with Gasteiger partial charge in [0.05, 0.1) is 0 Å². The Bertz CT molecular complexity index is 539. The lowest BCUT2D eigenvalue weighted by atomic mass is 10.2. The van der Waals surface area contributed by atoms with Gasteiger partial charge < -0.3 is 10.5 Å². The minimum Gasteiger partial charge on any atom is -0.457 e. The Labute approximate surface area is 110 Å². The second-order valence-electron chi connectivity index (χ2n) is 3.45. The SMILES string of the molecule is NC(=S)c1ccc(Oc2cccc(Cl)c2)cc1. The lowest BCUT2D eigenvalue weighted by Gasteiger charge is -2.06. The highest BCUT2D eigenvalue weighted by Crippen LogP contribution is 2.24. The molecule has 0 spiro atoms. The van der Waals surface area contributed by atoms with Gasteiger partial charge in [0.25, 0.3) is 0 Å². The number of hydrogen-bond donors (Lipinski definition) is 1. The van der Waals surface area contributed by atoms with Gasteiger partial charge in [-0.15, -0.1) is 0 Å². The molecule has 4 heteroatoms. The lowest BCUT2D eigenvalue weighted by molar-refractivity contribution is 0.482. The Kier molecular flexibility index (Phi) is 3.61. The van der Waals surface area contributed by atoms with Crippen molar-refractivity contribution in [3.8, 4) is 11.5 Å². The summed E-state index contributed by atoms with van der Waals surface area (Å²) in [4.78, 5) is 0.374. The zero-order chi connectivity index (χ0) is 12.3. The highest BCUT2D eigenvalue weighted by molar-refractivity contribution is 7.80. The van der Waals surface area contributed by atoms with Gasteiger partial charge in [0.15, 0.2) is 0 Å². The summed E-state index contributed by atoms with van der Waals surface area (Å²) in [7, 11) is 0. The molecule has 0 aliphatic heterocycles. The van der Waals surface area contributed by atoms with Gasteiger partial charge in [-0.05, 0) is 42.5 Å². The Hall–Kier alpha value is -1.58. The van der Waals surface area contributed by atoms with Gasteiger partial charge in [-0.3, -0.25) is 0 Å². The summed E-state index contributed by atoms with van der Waals surface area (Å²) >= 11 is 10.7. The van der Waals surface area contributed by atoms with E-state index in [4.69, 9.17) is 34.3 Å². The molecule has 2 nitrogen and oxygen atoms in total. The summed E-state index contributed by atoms with van der Waals surface area (Å²) in [5.41, 5.74) is 6.33. The van der Waals surface area contributed by atoms with Crippen LogP contribution in [0.25, 0.3) is 0 Å². The van der Waals surface area contributed by atoms with E-state index >= 15 is 0 Å². The second kappa shape index (κ2) is 5.17. The van der Waals surface area contributed by atoms with Crippen molar-refractivity contribution in [2.75, 3.05) is 0 Å². The molecule has 0 aliphatic carbocycles. The van der Waals surface area contributed by atoms with Crippen LogP contribution < -0.4 is 10.5 Å². The maximum absolute atomic E-state index is 5.86. The van der Waals surface area contributed by atoms with Crippen LogP contribution in [0.3, 0.4) is 0 Å². The number of nitrogens with two attached hydrogens (primary N) is 1. The summed E-state index contributed by atoms with van der Waals surface area (Å²) in [6, 6.07) is 14.5. The van der Waals surface area contributed by atoms with Crippen molar-refractivity contribution in [1.82, 2.24) is 0 Å². The molecule has 0 heterocycles. The van der Waals surface area contributed by atoms with Gasteiger partial charge >= 0.3 is 0 Å².